The SMILES string of the molecule is Nc1nc2c(C(F)F)cc(C(F)F)cc2[nH]1. The molecule has 1 aromatic heterocycles. The van der Waals surface area contributed by atoms with E-state index in [4.69, 9.17) is 5.73 Å². The molecule has 1 aromatic carbocycles. The molecule has 0 bridgehead atoms. The van der Waals surface area contributed by atoms with Gasteiger partial charge in [-0.2, -0.15) is 0 Å². The van der Waals surface area contributed by atoms with Crippen molar-refractivity contribution < 1.29 is 17.6 Å². The van der Waals surface area contributed by atoms with Crippen molar-refractivity contribution in [3.63, 3.8) is 0 Å². The molecule has 16 heavy (non-hydrogen) atoms. The normalized spacial score (nSPS) is 11.9. The fraction of sp³-hybridized carbons (Fsp3) is 0.222. The molecule has 0 radical (unpaired) electrons. The summed E-state index contributed by atoms with van der Waals surface area (Å²) in [5.74, 6) is -0.0803. The Labute approximate surface area is 87.3 Å². The minimum absolute atomic E-state index is 0.0723. The minimum atomic E-state index is -2.87. The molecule has 7 heteroatoms. The summed E-state index contributed by atoms with van der Waals surface area (Å²) in [5.41, 5.74) is 4.28. The molecule has 0 fully saturated rings. The summed E-state index contributed by atoms with van der Waals surface area (Å²) in [7, 11) is 0. The zero-order valence-corrected chi connectivity index (χ0v) is 7.85. The predicted octanol–water partition coefficient (Wildman–Crippen LogP) is 3.02. The highest BCUT2D eigenvalue weighted by atomic mass is 19.3. The van der Waals surface area contributed by atoms with Crippen LogP contribution in [0.25, 0.3) is 11.0 Å². The van der Waals surface area contributed by atoms with Gasteiger partial charge in [-0.1, -0.05) is 0 Å². The Morgan fingerprint density at radius 2 is 1.81 bits per heavy atom. The molecule has 3 nitrogen and oxygen atoms in total. The van der Waals surface area contributed by atoms with E-state index >= 15 is 0 Å². The van der Waals surface area contributed by atoms with Crippen LogP contribution in [0.3, 0.4) is 0 Å². The van der Waals surface area contributed by atoms with Crippen molar-refractivity contribution in [2.24, 2.45) is 0 Å². The van der Waals surface area contributed by atoms with Gasteiger partial charge in [0, 0.05) is 11.1 Å². The van der Waals surface area contributed by atoms with E-state index in [-0.39, 0.29) is 17.0 Å². The van der Waals surface area contributed by atoms with Crippen LogP contribution in [-0.2, 0) is 0 Å². The van der Waals surface area contributed by atoms with Crippen molar-refractivity contribution in [1.82, 2.24) is 9.97 Å². The van der Waals surface area contributed by atoms with Gasteiger partial charge in [0.05, 0.1) is 11.0 Å². The van der Waals surface area contributed by atoms with E-state index in [1.165, 1.54) is 0 Å². The van der Waals surface area contributed by atoms with Crippen LogP contribution in [0.4, 0.5) is 23.5 Å². The first-order valence-corrected chi connectivity index (χ1v) is 4.34. The second-order valence-corrected chi connectivity index (χ2v) is 3.23. The van der Waals surface area contributed by atoms with Crippen molar-refractivity contribution in [2.45, 2.75) is 12.9 Å². The van der Waals surface area contributed by atoms with E-state index in [1.54, 1.807) is 0 Å². The van der Waals surface area contributed by atoms with E-state index in [0.717, 1.165) is 12.1 Å². The van der Waals surface area contributed by atoms with Gasteiger partial charge in [-0.3, -0.25) is 0 Å². The third kappa shape index (κ3) is 1.68. The van der Waals surface area contributed by atoms with E-state index in [2.05, 4.69) is 9.97 Å². The van der Waals surface area contributed by atoms with Crippen LogP contribution in [0, 0.1) is 0 Å². The van der Waals surface area contributed by atoms with Gasteiger partial charge in [-0.05, 0) is 12.1 Å². The molecule has 0 spiro atoms. The molecule has 1 heterocycles. The summed E-state index contributed by atoms with van der Waals surface area (Å²) >= 11 is 0. The quantitative estimate of drug-likeness (QED) is 0.783. The van der Waals surface area contributed by atoms with Gasteiger partial charge in [0.2, 0.25) is 0 Å². The van der Waals surface area contributed by atoms with E-state index < -0.39 is 24.0 Å². The number of H-pyrrole nitrogens is 1. The van der Waals surface area contributed by atoms with Crippen molar-refractivity contribution in [1.29, 1.82) is 0 Å². The number of halogens is 4. The Bertz CT molecular complexity index is 521. The minimum Gasteiger partial charge on any atom is -0.369 e. The van der Waals surface area contributed by atoms with Crippen LogP contribution in [-0.4, -0.2) is 9.97 Å². The molecule has 0 amide bonds. The zero-order chi connectivity index (χ0) is 11.9. The molecule has 0 saturated carbocycles. The Balaban J connectivity index is 2.73. The largest absolute Gasteiger partial charge is 0.369 e. The lowest BCUT2D eigenvalue weighted by Crippen LogP contribution is -1.92. The third-order valence-electron chi connectivity index (χ3n) is 2.14. The molecule has 2 aromatic rings. The van der Waals surface area contributed by atoms with Gasteiger partial charge in [0.1, 0.15) is 0 Å². The van der Waals surface area contributed by atoms with Gasteiger partial charge in [0.15, 0.2) is 5.95 Å². The number of aromatic amines is 1. The monoisotopic (exact) mass is 233 g/mol. The Kier molecular flexibility index (Phi) is 2.45. The molecule has 0 aliphatic carbocycles. The molecule has 0 aliphatic rings. The number of nitrogens with zero attached hydrogens (tertiary/aromatic N) is 1. The molecule has 0 unspecified atom stereocenters. The van der Waals surface area contributed by atoms with Crippen LogP contribution in [0.2, 0.25) is 0 Å². The summed E-state index contributed by atoms with van der Waals surface area (Å²) in [4.78, 5) is 6.08. The lowest BCUT2D eigenvalue weighted by molar-refractivity contribution is 0.145. The number of fused-ring (bicyclic) bond motifs is 1. The first-order chi connectivity index (χ1) is 7.49. The smallest absolute Gasteiger partial charge is 0.266 e. The Morgan fingerprint density at radius 3 is 2.38 bits per heavy atom. The molecule has 86 valence electrons. The summed E-state index contributed by atoms with van der Waals surface area (Å²) in [5, 5.41) is 0. The van der Waals surface area contributed by atoms with Crippen molar-refractivity contribution in [3.05, 3.63) is 23.3 Å². The highest BCUT2D eigenvalue weighted by Gasteiger charge is 2.19. The Hall–Kier alpha value is -1.79. The fourth-order valence-electron chi connectivity index (χ4n) is 1.48. The number of benzene rings is 1. The lowest BCUT2D eigenvalue weighted by Gasteiger charge is -2.04. The third-order valence-corrected chi connectivity index (χ3v) is 2.14. The van der Waals surface area contributed by atoms with Crippen LogP contribution < -0.4 is 5.73 Å². The number of hydrogen-bond acceptors (Lipinski definition) is 2. The number of nitrogens with two attached hydrogens (primary N) is 1. The molecule has 0 atom stereocenters. The highest BCUT2D eigenvalue weighted by Crippen LogP contribution is 2.31. The van der Waals surface area contributed by atoms with Crippen molar-refractivity contribution >= 4 is 17.0 Å². The second kappa shape index (κ2) is 3.66. The van der Waals surface area contributed by atoms with Crippen molar-refractivity contribution in [3.8, 4) is 0 Å². The van der Waals surface area contributed by atoms with Crippen LogP contribution in [0.5, 0.6) is 0 Å². The average molecular weight is 233 g/mol. The molecular weight excluding hydrogens is 226 g/mol. The van der Waals surface area contributed by atoms with E-state index in [1.807, 2.05) is 0 Å². The maximum absolute atomic E-state index is 12.6. The summed E-state index contributed by atoms with van der Waals surface area (Å²) in [6, 6.07) is 1.81. The number of nitrogens with one attached hydrogen (secondary N) is 1. The topological polar surface area (TPSA) is 54.7 Å². The standard InChI is InChI=1S/C9H7F4N3/c10-7(11)3-1-4(8(12)13)6-5(2-3)15-9(14)16-6/h1-2,7-8H,(H3,14,15,16). The summed E-state index contributed by atoms with van der Waals surface area (Å²) in [6.07, 6.45) is -5.68. The maximum Gasteiger partial charge on any atom is 0.266 e. The van der Waals surface area contributed by atoms with Crippen LogP contribution in [0.15, 0.2) is 12.1 Å². The molecule has 3 N–H and O–H groups in total. The first kappa shape index (κ1) is 10.7. The van der Waals surface area contributed by atoms with Gasteiger partial charge in [-0.25, -0.2) is 22.5 Å². The molecule has 0 saturated heterocycles. The second-order valence-electron chi connectivity index (χ2n) is 3.23. The van der Waals surface area contributed by atoms with Crippen LogP contribution in [0.1, 0.15) is 24.0 Å². The van der Waals surface area contributed by atoms with Crippen molar-refractivity contribution in [2.75, 3.05) is 5.73 Å². The summed E-state index contributed by atoms with van der Waals surface area (Å²) in [6.45, 7) is 0. The molecular formula is C9H7F4N3. The van der Waals surface area contributed by atoms with Gasteiger partial charge >= 0.3 is 0 Å². The zero-order valence-electron chi connectivity index (χ0n) is 7.85. The first-order valence-electron chi connectivity index (χ1n) is 4.34. The molecule has 0 aliphatic heterocycles. The average Bonchev–Trinajstić information content (AvgIpc) is 2.55. The lowest BCUT2D eigenvalue weighted by atomic mass is 10.1. The van der Waals surface area contributed by atoms with E-state index in [0.29, 0.717) is 0 Å². The number of nitrogen functional groups attached to an aromatic ring is 1. The highest BCUT2D eigenvalue weighted by molar-refractivity contribution is 5.81. The number of imidazole rings is 1. The number of alkyl halides is 4. The Morgan fingerprint density at radius 1 is 1.12 bits per heavy atom. The van der Waals surface area contributed by atoms with Gasteiger partial charge in [-0.15, -0.1) is 0 Å². The number of aromatic nitrogens is 2. The number of anilines is 1. The molecule has 2 rings (SSSR count). The number of hydrogen-bond donors (Lipinski definition) is 2. The number of rotatable bonds is 2. The maximum atomic E-state index is 12.6. The summed E-state index contributed by atoms with van der Waals surface area (Å²) < 4.78 is 50.1. The van der Waals surface area contributed by atoms with Gasteiger partial charge in [0.25, 0.3) is 12.9 Å². The predicted molar refractivity (Wildman–Crippen MR) is 50.4 cm³/mol. The fourth-order valence-corrected chi connectivity index (χ4v) is 1.48. The van der Waals surface area contributed by atoms with E-state index in [9.17, 15) is 17.6 Å². The van der Waals surface area contributed by atoms with Crippen LogP contribution >= 0.6 is 0 Å². The van der Waals surface area contributed by atoms with Gasteiger partial charge < -0.3 is 10.7 Å².